The van der Waals surface area contributed by atoms with Gasteiger partial charge in [-0.05, 0) is 19.1 Å². The molecule has 2 aromatic rings. The van der Waals surface area contributed by atoms with E-state index in [-0.39, 0.29) is 6.03 Å². The highest BCUT2D eigenvalue weighted by Crippen LogP contribution is 2.12. The minimum Gasteiger partial charge on any atom is -0.288 e. The Kier molecular flexibility index (Phi) is 3.39. The SMILES string of the molecule is Cc1csc(NC(=O)Nc2ccccc2)[n+]1C. The Morgan fingerprint density at radius 1 is 1.24 bits per heavy atom. The summed E-state index contributed by atoms with van der Waals surface area (Å²) in [7, 11) is 1.92. The van der Waals surface area contributed by atoms with Gasteiger partial charge in [0.05, 0.1) is 7.05 Å². The van der Waals surface area contributed by atoms with E-state index >= 15 is 0 Å². The first kappa shape index (κ1) is 11.6. The molecule has 4 nitrogen and oxygen atoms in total. The Labute approximate surface area is 104 Å². The summed E-state index contributed by atoms with van der Waals surface area (Å²) < 4.78 is 1.94. The lowest BCUT2D eigenvalue weighted by Gasteiger charge is -2.01. The third kappa shape index (κ3) is 2.82. The molecule has 1 heterocycles. The Balaban J connectivity index is 2.01. The van der Waals surface area contributed by atoms with Crippen LogP contribution < -0.4 is 15.2 Å². The molecule has 5 heteroatoms. The molecule has 0 saturated heterocycles. The Bertz CT molecular complexity index is 522. The monoisotopic (exact) mass is 248 g/mol. The van der Waals surface area contributed by atoms with Crippen molar-refractivity contribution >= 4 is 28.2 Å². The van der Waals surface area contributed by atoms with Crippen LogP contribution in [-0.2, 0) is 7.05 Å². The molecule has 0 spiro atoms. The maximum absolute atomic E-state index is 11.7. The maximum Gasteiger partial charge on any atom is 0.411 e. The van der Waals surface area contributed by atoms with Crippen molar-refractivity contribution in [1.29, 1.82) is 0 Å². The third-order valence-electron chi connectivity index (χ3n) is 2.43. The van der Waals surface area contributed by atoms with Crippen molar-refractivity contribution < 1.29 is 9.36 Å². The Morgan fingerprint density at radius 3 is 2.53 bits per heavy atom. The fraction of sp³-hybridized carbons (Fsp3) is 0.167. The molecule has 0 radical (unpaired) electrons. The molecule has 17 heavy (non-hydrogen) atoms. The van der Waals surface area contributed by atoms with Gasteiger partial charge in [0.15, 0.2) is 0 Å². The number of hydrogen-bond donors (Lipinski definition) is 2. The molecular formula is C12H14N3OS+. The van der Waals surface area contributed by atoms with Crippen LogP contribution in [0.1, 0.15) is 5.69 Å². The first-order chi connectivity index (χ1) is 8.16. The highest BCUT2D eigenvalue weighted by atomic mass is 32.1. The van der Waals surface area contributed by atoms with E-state index in [0.717, 1.165) is 16.5 Å². The van der Waals surface area contributed by atoms with Crippen molar-refractivity contribution in [3.8, 4) is 0 Å². The van der Waals surface area contributed by atoms with Gasteiger partial charge in [-0.1, -0.05) is 29.5 Å². The number of para-hydroxylation sites is 1. The molecule has 88 valence electrons. The molecule has 0 saturated carbocycles. The number of benzene rings is 1. The smallest absolute Gasteiger partial charge is 0.288 e. The molecule has 2 N–H and O–H groups in total. The van der Waals surface area contributed by atoms with Gasteiger partial charge in [-0.3, -0.25) is 5.32 Å². The summed E-state index contributed by atoms with van der Waals surface area (Å²) in [4.78, 5) is 11.7. The maximum atomic E-state index is 11.7. The molecule has 1 aromatic heterocycles. The summed E-state index contributed by atoms with van der Waals surface area (Å²) in [5.41, 5.74) is 1.89. The Morgan fingerprint density at radius 2 is 1.94 bits per heavy atom. The molecule has 2 amide bonds. The van der Waals surface area contributed by atoms with Crippen LogP contribution in [0.15, 0.2) is 35.7 Å². The van der Waals surface area contributed by atoms with E-state index in [1.54, 1.807) is 0 Å². The van der Waals surface area contributed by atoms with E-state index in [1.807, 2.05) is 54.3 Å². The highest BCUT2D eigenvalue weighted by molar-refractivity contribution is 7.13. The zero-order valence-corrected chi connectivity index (χ0v) is 10.5. The number of nitrogens with zero attached hydrogens (tertiary/aromatic N) is 1. The molecule has 1 aromatic carbocycles. The molecule has 2 rings (SSSR count). The fourth-order valence-electron chi connectivity index (χ4n) is 1.35. The number of rotatable bonds is 2. The van der Waals surface area contributed by atoms with Crippen molar-refractivity contribution in [2.24, 2.45) is 7.05 Å². The summed E-state index contributed by atoms with van der Waals surface area (Å²) >= 11 is 1.51. The van der Waals surface area contributed by atoms with Crippen molar-refractivity contribution in [3.05, 3.63) is 41.4 Å². The predicted molar refractivity (Wildman–Crippen MR) is 69.3 cm³/mol. The lowest BCUT2D eigenvalue weighted by Crippen LogP contribution is -2.35. The Hall–Kier alpha value is -1.88. The van der Waals surface area contributed by atoms with Gasteiger partial charge >= 0.3 is 11.2 Å². The largest absolute Gasteiger partial charge is 0.411 e. The number of amides is 2. The number of carbonyl (C=O) groups is 1. The number of hydrogen-bond acceptors (Lipinski definition) is 2. The van der Waals surface area contributed by atoms with Crippen LogP contribution in [0.5, 0.6) is 0 Å². The van der Waals surface area contributed by atoms with Crippen LogP contribution in [0.2, 0.25) is 0 Å². The second-order valence-electron chi connectivity index (χ2n) is 3.69. The first-order valence-electron chi connectivity index (χ1n) is 5.24. The van der Waals surface area contributed by atoms with E-state index in [9.17, 15) is 4.79 Å². The van der Waals surface area contributed by atoms with Gasteiger partial charge in [-0.15, -0.1) is 0 Å². The predicted octanol–water partition coefficient (Wildman–Crippen LogP) is 2.53. The fourth-order valence-corrected chi connectivity index (χ4v) is 2.25. The lowest BCUT2D eigenvalue weighted by molar-refractivity contribution is -0.658. The number of aromatic nitrogens is 1. The van der Waals surface area contributed by atoms with Crippen LogP contribution in [-0.4, -0.2) is 6.03 Å². The number of urea groups is 1. The average molecular weight is 248 g/mol. The molecule has 0 fully saturated rings. The molecule has 0 aliphatic heterocycles. The summed E-state index contributed by atoms with van der Waals surface area (Å²) in [5.74, 6) is 0. The lowest BCUT2D eigenvalue weighted by atomic mass is 10.3. The van der Waals surface area contributed by atoms with Crippen LogP contribution in [0, 0.1) is 6.92 Å². The summed E-state index contributed by atoms with van der Waals surface area (Å²) in [6.07, 6.45) is 0. The van der Waals surface area contributed by atoms with E-state index in [4.69, 9.17) is 0 Å². The van der Waals surface area contributed by atoms with Crippen LogP contribution in [0.4, 0.5) is 15.6 Å². The standard InChI is InChI=1S/C12H13N3OS/c1-9-8-17-12(15(9)2)14-11(16)13-10-6-4-3-5-7-10/h3-8H,1-2H3,(H,13,16)/p+1. The highest BCUT2D eigenvalue weighted by Gasteiger charge is 2.15. The molecule has 0 aliphatic rings. The summed E-state index contributed by atoms with van der Waals surface area (Å²) in [6, 6.07) is 9.13. The molecule has 0 atom stereocenters. The van der Waals surface area contributed by atoms with E-state index < -0.39 is 0 Å². The summed E-state index contributed by atoms with van der Waals surface area (Å²) in [5, 5.41) is 8.39. The molecule has 0 bridgehead atoms. The number of aryl methyl sites for hydroxylation is 1. The summed E-state index contributed by atoms with van der Waals surface area (Å²) in [6.45, 7) is 2.00. The van der Waals surface area contributed by atoms with Gasteiger partial charge in [-0.2, -0.15) is 5.32 Å². The van der Waals surface area contributed by atoms with Gasteiger partial charge in [0.2, 0.25) is 0 Å². The molecular weight excluding hydrogens is 234 g/mol. The van der Waals surface area contributed by atoms with Gasteiger partial charge in [-0.25, -0.2) is 9.36 Å². The molecule has 0 aliphatic carbocycles. The van der Waals surface area contributed by atoms with Crippen LogP contribution in [0.3, 0.4) is 0 Å². The zero-order valence-electron chi connectivity index (χ0n) is 9.73. The third-order valence-corrected chi connectivity index (χ3v) is 3.49. The average Bonchev–Trinajstić information content (AvgIpc) is 2.62. The van der Waals surface area contributed by atoms with Crippen molar-refractivity contribution in [3.63, 3.8) is 0 Å². The van der Waals surface area contributed by atoms with Crippen LogP contribution in [0.25, 0.3) is 0 Å². The first-order valence-corrected chi connectivity index (χ1v) is 6.12. The number of thiazole rings is 1. The minimum atomic E-state index is -0.228. The van der Waals surface area contributed by atoms with Crippen LogP contribution >= 0.6 is 11.3 Å². The second kappa shape index (κ2) is 4.97. The van der Waals surface area contributed by atoms with E-state index in [0.29, 0.717) is 0 Å². The van der Waals surface area contributed by atoms with Crippen molar-refractivity contribution in [1.82, 2.24) is 0 Å². The van der Waals surface area contributed by atoms with Gasteiger partial charge < -0.3 is 0 Å². The van der Waals surface area contributed by atoms with Gasteiger partial charge in [0.25, 0.3) is 0 Å². The number of carbonyl (C=O) groups excluding carboxylic acids is 1. The second-order valence-corrected chi connectivity index (χ2v) is 4.54. The van der Waals surface area contributed by atoms with Gasteiger partial charge in [0.1, 0.15) is 5.69 Å². The van der Waals surface area contributed by atoms with Gasteiger partial charge in [0, 0.05) is 11.1 Å². The zero-order chi connectivity index (χ0) is 12.3. The van der Waals surface area contributed by atoms with E-state index in [1.165, 1.54) is 11.3 Å². The normalized spacial score (nSPS) is 10.0. The van der Waals surface area contributed by atoms with Crippen molar-refractivity contribution in [2.45, 2.75) is 6.92 Å². The topological polar surface area (TPSA) is 45.0 Å². The molecule has 0 unspecified atom stereocenters. The quantitative estimate of drug-likeness (QED) is 0.788. The minimum absolute atomic E-state index is 0.228. The number of anilines is 2. The number of nitrogens with one attached hydrogen (secondary N) is 2. The van der Waals surface area contributed by atoms with E-state index in [2.05, 4.69) is 10.6 Å². The van der Waals surface area contributed by atoms with Crippen molar-refractivity contribution in [2.75, 3.05) is 10.6 Å².